The summed E-state index contributed by atoms with van der Waals surface area (Å²) in [5, 5.41) is 14.7. The lowest BCUT2D eigenvalue weighted by Crippen LogP contribution is -2.51. The van der Waals surface area contributed by atoms with Crippen LogP contribution < -0.4 is 10.1 Å². The first-order valence-corrected chi connectivity index (χ1v) is 8.27. The zero-order valence-electron chi connectivity index (χ0n) is 12.9. The fourth-order valence-electron chi connectivity index (χ4n) is 2.74. The molecule has 118 valence electrons. The number of aliphatic hydroxyl groups is 1. The number of hydrogen-bond acceptors (Lipinski definition) is 3. The van der Waals surface area contributed by atoms with Gasteiger partial charge in [0.15, 0.2) is 0 Å². The molecule has 0 spiro atoms. The second-order valence-electron chi connectivity index (χ2n) is 6.27. The maximum atomic E-state index is 10.5. The van der Waals surface area contributed by atoms with Crippen LogP contribution in [0.15, 0.2) is 24.3 Å². The molecule has 1 aromatic carbocycles. The van der Waals surface area contributed by atoms with Gasteiger partial charge in [-0.05, 0) is 62.4 Å². The van der Waals surface area contributed by atoms with Gasteiger partial charge in [-0.2, -0.15) is 0 Å². The van der Waals surface area contributed by atoms with E-state index in [0.717, 1.165) is 38.0 Å². The predicted molar refractivity (Wildman–Crippen MR) is 87.0 cm³/mol. The highest BCUT2D eigenvalue weighted by Crippen LogP contribution is 2.25. The van der Waals surface area contributed by atoms with Crippen molar-refractivity contribution < 1.29 is 9.84 Å². The Morgan fingerprint density at radius 1 is 1.29 bits per heavy atom. The van der Waals surface area contributed by atoms with Gasteiger partial charge in [0.2, 0.25) is 0 Å². The molecular formula is C17H26ClNO2. The van der Waals surface area contributed by atoms with Crippen molar-refractivity contribution in [3.8, 4) is 5.75 Å². The Kier molecular flexibility index (Phi) is 6.34. The number of ether oxygens (including phenoxy) is 1. The van der Waals surface area contributed by atoms with Gasteiger partial charge in [0, 0.05) is 11.1 Å². The van der Waals surface area contributed by atoms with E-state index < -0.39 is 6.10 Å². The summed E-state index contributed by atoms with van der Waals surface area (Å²) in [5.74, 6) is 1.45. The van der Waals surface area contributed by atoms with E-state index in [2.05, 4.69) is 19.2 Å². The van der Waals surface area contributed by atoms with Gasteiger partial charge in [0.05, 0.1) is 0 Å². The number of nitrogens with one attached hydrogen (secondary N) is 1. The average Bonchev–Trinajstić information content (AvgIpc) is 2.45. The van der Waals surface area contributed by atoms with E-state index in [1.165, 1.54) is 0 Å². The number of hydrogen-bond donors (Lipinski definition) is 2. The molecule has 1 saturated carbocycles. The number of rotatable bonds is 6. The molecule has 21 heavy (non-hydrogen) atoms. The summed E-state index contributed by atoms with van der Waals surface area (Å²) in [6.45, 7) is 5.38. The van der Waals surface area contributed by atoms with E-state index >= 15 is 0 Å². The minimum atomic E-state index is -0.457. The van der Waals surface area contributed by atoms with Crippen molar-refractivity contribution in [2.75, 3.05) is 6.54 Å². The van der Waals surface area contributed by atoms with E-state index in [0.29, 0.717) is 10.9 Å². The molecule has 0 aromatic heterocycles. The van der Waals surface area contributed by atoms with Crippen molar-refractivity contribution in [1.82, 2.24) is 5.32 Å². The summed E-state index contributed by atoms with van der Waals surface area (Å²) >= 11 is 5.87. The second kappa shape index (κ2) is 8.02. The van der Waals surface area contributed by atoms with Gasteiger partial charge in [-0.25, -0.2) is 0 Å². The SMILES string of the molecule is CC(C)CCN[C@H]1CCC[C@@H](Oc2ccc(Cl)cc2)[C@@H]1O. The smallest absolute Gasteiger partial charge is 0.126 e. The lowest BCUT2D eigenvalue weighted by molar-refractivity contribution is -0.0154. The second-order valence-corrected chi connectivity index (χ2v) is 6.71. The summed E-state index contributed by atoms with van der Waals surface area (Å²) in [5.41, 5.74) is 0. The van der Waals surface area contributed by atoms with Crippen molar-refractivity contribution in [1.29, 1.82) is 0 Å². The Morgan fingerprint density at radius 2 is 2.00 bits per heavy atom. The molecule has 0 unspecified atom stereocenters. The van der Waals surface area contributed by atoms with Crippen LogP contribution in [0.4, 0.5) is 0 Å². The summed E-state index contributed by atoms with van der Waals surface area (Å²) in [6, 6.07) is 7.46. The first kappa shape index (κ1) is 16.6. The molecule has 0 bridgehead atoms. The molecule has 1 aliphatic carbocycles. The van der Waals surface area contributed by atoms with Gasteiger partial charge in [0.1, 0.15) is 18.0 Å². The van der Waals surface area contributed by atoms with Crippen LogP contribution in [0.5, 0.6) is 5.75 Å². The van der Waals surface area contributed by atoms with Crippen LogP contribution in [-0.2, 0) is 0 Å². The molecule has 0 radical (unpaired) electrons. The molecule has 1 aliphatic rings. The third-order valence-corrected chi connectivity index (χ3v) is 4.28. The lowest BCUT2D eigenvalue weighted by atomic mass is 9.89. The van der Waals surface area contributed by atoms with Crippen LogP contribution >= 0.6 is 11.6 Å². The highest BCUT2D eigenvalue weighted by molar-refractivity contribution is 6.30. The van der Waals surface area contributed by atoms with Crippen molar-refractivity contribution in [3.05, 3.63) is 29.3 Å². The molecule has 2 rings (SSSR count). The Balaban J connectivity index is 1.86. The van der Waals surface area contributed by atoms with Crippen LogP contribution in [0, 0.1) is 5.92 Å². The standard InChI is InChI=1S/C17H26ClNO2/c1-12(2)10-11-19-15-4-3-5-16(17(15)20)21-14-8-6-13(18)7-9-14/h6-9,12,15-17,19-20H,3-5,10-11H2,1-2H3/t15-,16+,17+/m0/s1. The molecular weight excluding hydrogens is 286 g/mol. The van der Waals surface area contributed by atoms with Crippen LogP contribution in [0.25, 0.3) is 0 Å². The molecule has 0 amide bonds. The Hall–Kier alpha value is -0.770. The highest BCUT2D eigenvalue weighted by atomic mass is 35.5. The lowest BCUT2D eigenvalue weighted by Gasteiger charge is -2.35. The number of benzene rings is 1. The van der Waals surface area contributed by atoms with Gasteiger partial charge >= 0.3 is 0 Å². The Bertz CT molecular complexity index is 421. The first-order valence-electron chi connectivity index (χ1n) is 7.90. The van der Waals surface area contributed by atoms with E-state index in [1.54, 1.807) is 0 Å². The molecule has 1 fully saturated rings. The molecule has 4 heteroatoms. The van der Waals surface area contributed by atoms with Crippen molar-refractivity contribution in [3.63, 3.8) is 0 Å². The maximum Gasteiger partial charge on any atom is 0.126 e. The van der Waals surface area contributed by atoms with Gasteiger partial charge in [-0.3, -0.25) is 0 Å². The molecule has 1 aromatic rings. The van der Waals surface area contributed by atoms with E-state index in [9.17, 15) is 5.11 Å². The molecule has 2 N–H and O–H groups in total. The Morgan fingerprint density at radius 3 is 2.67 bits per heavy atom. The van der Waals surface area contributed by atoms with Gasteiger partial charge in [-0.15, -0.1) is 0 Å². The van der Waals surface area contributed by atoms with Gasteiger partial charge < -0.3 is 15.2 Å². The number of halogens is 1. The molecule has 0 saturated heterocycles. The normalized spacial score (nSPS) is 26.0. The van der Waals surface area contributed by atoms with E-state index in [4.69, 9.17) is 16.3 Å². The quantitative estimate of drug-likeness (QED) is 0.843. The first-order chi connectivity index (χ1) is 10.1. The minimum absolute atomic E-state index is 0.134. The summed E-state index contributed by atoms with van der Waals surface area (Å²) in [6.07, 6.45) is 3.52. The molecule has 3 atom stereocenters. The van der Waals surface area contributed by atoms with E-state index in [-0.39, 0.29) is 12.1 Å². The average molecular weight is 312 g/mol. The predicted octanol–water partition coefficient (Wildman–Crippen LogP) is 3.64. The summed E-state index contributed by atoms with van der Waals surface area (Å²) < 4.78 is 5.93. The van der Waals surface area contributed by atoms with Crippen molar-refractivity contribution in [2.45, 2.75) is 57.8 Å². The summed E-state index contributed by atoms with van der Waals surface area (Å²) in [4.78, 5) is 0. The zero-order chi connectivity index (χ0) is 15.2. The number of aliphatic hydroxyl groups excluding tert-OH is 1. The van der Waals surface area contributed by atoms with Gasteiger partial charge in [0.25, 0.3) is 0 Å². The fraction of sp³-hybridized carbons (Fsp3) is 0.647. The largest absolute Gasteiger partial charge is 0.488 e. The third kappa shape index (κ3) is 5.17. The highest BCUT2D eigenvalue weighted by Gasteiger charge is 2.32. The summed E-state index contributed by atoms with van der Waals surface area (Å²) in [7, 11) is 0. The maximum absolute atomic E-state index is 10.5. The van der Waals surface area contributed by atoms with Crippen LogP contribution in [0.1, 0.15) is 39.5 Å². The molecule has 3 nitrogen and oxygen atoms in total. The monoisotopic (exact) mass is 311 g/mol. The van der Waals surface area contributed by atoms with Crippen LogP contribution in [0.3, 0.4) is 0 Å². The Labute approximate surface area is 132 Å². The van der Waals surface area contributed by atoms with Crippen LogP contribution in [0.2, 0.25) is 5.02 Å². The third-order valence-electron chi connectivity index (χ3n) is 4.03. The van der Waals surface area contributed by atoms with Crippen LogP contribution in [-0.4, -0.2) is 29.9 Å². The fourth-order valence-corrected chi connectivity index (χ4v) is 2.86. The topological polar surface area (TPSA) is 41.5 Å². The molecule has 0 heterocycles. The van der Waals surface area contributed by atoms with E-state index in [1.807, 2.05) is 24.3 Å². The molecule has 0 aliphatic heterocycles. The van der Waals surface area contributed by atoms with Gasteiger partial charge in [-0.1, -0.05) is 25.4 Å². The van der Waals surface area contributed by atoms with Crippen molar-refractivity contribution in [2.24, 2.45) is 5.92 Å². The zero-order valence-corrected chi connectivity index (χ0v) is 13.6. The van der Waals surface area contributed by atoms with Crippen molar-refractivity contribution >= 4 is 11.6 Å². The minimum Gasteiger partial charge on any atom is -0.488 e.